The monoisotopic (exact) mass is 168 g/mol. The zero-order chi connectivity index (χ0) is 8.97. The van der Waals surface area contributed by atoms with Gasteiger partial charge in [-0.15, -0.1) is 0 Å². The Kier molecular flexibility index (Phi) is 3.17. The minimum Gasteiger partial charge on any atom is -0.328 e. The zero-order valence-corrected chi connectivity index (χ0v) is 7.13. The van der Waals surface area contributed by atoms with E-state index >= 15 is 0 Å². The van der Waals surface area contributed by atoms with Crippen molar-refractivity contribution in [2.75, 3.05) is 0 Å². The number of rotatable bonds is 3. The molecule has 1 rings (SSSR count). The molecular weight excluding hydrogens is 155 g/mol. The average Bonchev–Trinajstić information content (AvgIpc) is 2.03. The highest BCUT2D eigenvalue weighted by atomic mass is 19.1. The van der Waals surface area contributed by atoms with Crippen LogP contribution in [-0.2, 0) is 6.42 Å². The van der Waals surface area contributed by atoms with Gasteiger partial charge in [-0.2, -0.15) is 0 Å². The Morgan fingerprint density at radius 1 is 1.67 bits per heavy atom. The molecule has 3 heteroatoms. The molecule has 0 aromatic carbocycles. The van der Waals surface area contributed by atoms with Gasteiger partial charge < -0.3 is 5.73 Å². The van der Waals surface area contributed by atoms with Crippen LogP contribution in [0.5, 0.6) is 0 Å². The van der Waals surface area contributed by atoms with Crippen molar-refractivity contribution in [2.45, 2.75) is 25.8 Å². The molecule has 1 aromatic rings. The summed E-state index contributed by atoms with van der Waals surface area (Å²) in [5.41, 5.74) is 6.25. The third-order valence-corrected chi connectivity index (χ3v) is 1.73. The number of aryl methyl sites for hydroxylation is 1. The van der Waals surface area contributed by atoms with Gasteiger partial charge in [0.2, 0.25) is 0 Å². The number of hydrogen-bond acceptors (Lipinski definition) is 2. The number of halogens is 1. The van der Waals surface area contributed by atoms with Crippen LogP contribution >= 0.6 is 0 Å². The molecule has 0 radical (unpaired) electrons. The summed E-state index contributed by atoms with van der Waals surface area (Å²) < 4.78 is 12.9. The van der Waals surface area contributed by atoms with E-state index in [1.54, 1.807) is 12.3 Å². The maximum absolute atomic E-state index is 12.9. The standard InChI is InChI=1S/C9H13FN2/c1-7(11)2-3-8-4-5-12-6-9(8)10/h4-7H,2-3,11H2,1H3/t7-/m0/s1. The first kappa shape index (κ1) is 9.13. The first-order valence-corrected chi connectivity index (χ1v) is 4.04. The van der Waals surface area contributed by atoms with Crippen molar-refractivity contribution in [3.63, 3.8) is 0 Å². The molecule has 0 spiro atoms. The zero-order valence-electron chi connectivity index (χ0n) is 7.13. The van der Waals surface area contributed by atoms with E-state index < -0.39 is 0 Å². The summed E-state index contributed by atoms with van der Waals surface area (Å²) >= 11 is 0. The van der Waals surface area contributed by atoms with Crippen LogP contribution in [0.15, 0.2) is 18.5 Å². The van der Waals surface area contributed by atoms with E-state index in [0.717, 1.165) is 6.42 Å². The van der Waals surface area contributed by atoms with Crippen LogP contribution in [-0.4, -0.2) is 11.0 Å². The third-order valence-electron chi connectivity index (χ3n) is 1.73. The number of nitrogens with zero attached hydrogens (tertiary/aromatic N) is 1. The van der Waals surface area contributed by atoms with Crippen LogP contribution in [0.2, 0.25) is 0 Å². The largest absolute Gasteiger partial charge is 0.328 e. The van der Waals surface area contributed by atoms with Gasteiger partial charge in [-0.3, -0.25) is 4.98 Å². The fraction of sp³-hybridized carbons (Fsp3) is 0.444. The summed E-state index contributed by atoms with van der Waals surface area (Å²) in [6.45, 7) is 1.92. The second kappa shape index (κ2) is 4.16. The smallest absolute Gasteiger partial charge is 0.144 e. The predicted octanol–water partition coefficient (Wildman–Crippen LogP) is 1.50. The van der Waals surface area contributed by atoms with Crippen molar-refractivity contribution in [3.8, 4) is 0 Å². The van der Waals surface area contributed by atoms with Gasteiger partial charge in [-0.25, -0.2) is 4.39 Å². The van der Waals surface area contributed by atoms with E-state index in [1.807, 2.05) is 6.92 Å². The van der Waals surface area contributed by atoms with Gasteiger partial charge in [0.05, 0.1) is 6.20 Å². The van der Waals surface area contributed by atoms with Crippen molar-refractivity contribution in [1.29, 1.82) is 0 Å². The summed E-state index contributed by atoms with van der Waals surface area (Å²) in [4.78, 5) is 3.67. The Morgan fingerprint density at radius 2 is 2.42 bits per heavy atom. The van der Waals surface area contributed by atoms with Crippen molar-refractivity contribution in [3.05, 3.63) is 29.8 Å². The number of pyridine rings is 1. The molecule has 1 aromatic heterocycles. The topological polar surface area (TPSA) is 38.9 Å². The van der Waals surface area contributed by atoms with Crippen molar-refractivity contribution >= 4 is 0 Å². The summed E-state index contributed by atoms with van der Waals surface area (Å²) in [5.74, 6) is -0.238. The normalized spacial score (nSPS) is 12.9. The molecule has 0 unspecified atom stereocenters. The van der Waals surface area contributed by atoms with Crippen LogP contribution in [0, 0.1) is 5.82 Å². The Hall–Kier alpha value is -0.960. The van der Waals surface area contributed by atoms with Crippen LogP contribution < -0.4 is 5.73 Å². The van der Waals surface area contributed by atoms with E-state index in [4.69, 9.17) is 5.73 Å². The Balaban J connectivity index is 2.57. The molecule has 0 amide bonds. The fourth-order valence-corrected chi connectivity index (χ4v) is 0.990. The van der Waals surface area contributed by atoms with Crippen molar-refractivity contribution < 1.29 is 4.39 Å². The molecule has 1 atom stereocenters. The maximum Gasteiger partial charge on any atom is 0.144 e. The molecule has 66 valence electrons. The lowest BCUT2D eigenvalue weighted by Crippen LogP contribution is -2.15. The predicted molar refractivity (Wildman–Crippen MR) is 46.2 cm³/mol. The second-order valence-corrected chi connectivity index (χ2v) is 2.98. The Bertz CT molecular complexity index is 248. The maximum atomic E-state index is 12.9. The fourth-order valence-electron chi connectivity index (χ4n) is 0.990. The van der Waals surface area contributed by atoms with E-state index in [-0.39, 0.29) is 11.9 Å². The average molecular weight is 168 g/mol. The van der Waals surface area contributed by atoms with E-state index in [2.05, 4.69) is 4.98 Å². The van der Waals surface area contributed by atoms with E-state index in [9.17, 15) is 4.39 Å². The molecular formula is C9H13FN2. The van der Waals surface area contributed by atoms with Gasteiger partial charge in [0.1, 0.15) is 5.82 Å². The van der Waals surface area contributed by atoms with Crippen molar-refractivity contribution in [2.24, 2.45) is 5.73 Å². The van der Waals surface area contributed by atoms with Gasteiger partial charge in [-0.05, 0) is 31.4 Å². The number of hydrogen-bond donors (Lipinski definition) is 1. The molecule has 0 fully saturated rings. The lowest BCUT2D eigenvalue weighted by atomic mass is 10.1. The van der Waals surface area contributed by atoms with Crippen molar-refractivity contribution in [1.82, 2.24) is 4.98 Å². The highest BCUT2D eigenvalue weighted by Gasteiger charge is 2.01. The van der Waals surface area contributed by atoms with Crippen LogP contribution in [0.25, 0.3) is 0 Å². The highest BCUT2D eigenvalue weighted by Crippen LogP contribution is 2.07. The second-order valence-electron chi connectivity index (χ2n) is 2.98. The van der Waals surface area contributed by atoms with Gasteiger partial charge in [0.15, 0.2) is 0 Å². The summed E-state index contributed by atoms with van der Waals surface area (Å²) in [7, 11) is 0. The van der Waals surface area contributed by atoms with E-state index in [1.165, 1.54) is 6.20 Å². The van der Waals surface area contributed by atoms with Gasteiger partial charge in [0, 0.05) is 12.2 Å². The molecule has 2 nitrogen and oxygen atoms in total. The number of nitrogens with two attached hydrogens (primary N) is 1. The Morgan fingerprint density at radius 3 is 3.00 bits per heavy atom. The molecule has 0 saturated carbocycles. The van der Waals surface area contributed by atoms with Crippen LogP contribution in [0.1, 0.15) is 18.9 Å². The molecule has 2 N–H and O–H groups in total. The van der Waals surface area contributed by atoms with Crippen LogP contribution in [0.4, 0.5) is 4.39 Å². The molecule has 1 heterocycles. The summed E-state index contributed by atoms with van der Waals surface area (Å²) in [6, 6.07) is 1.81. The third kappa shape index (κ3) is 2.58. The summed E-state index contributed by atoms with van der Waals surface area (Å²) in [6.07, 6.45) is 4.32. The lowest BCUT2D eigenvalue weighted by molar-refractivity contribution is 0.585. The molecule has 0 aliphatic carbocycles. The van der Waals surface area contributed by atoms with Crippen LogP contribution in [0.3, 0.4) is 0 Å². The van der Waals surface area contributed by atoms with Gasteiger partial charge >= 0.3 is 0 Å². The molecule has 12 heavy (non-hydrogen) atoms. The molecule has 0 saturated heterocycles. The Labute approximate surface area is 71.6 Å². The molecule has 0 aliphatic heterocycles. The number of aromatic nitrogens is 1. The van der Waals surface area contributed by atoms with Gasteiger partial charge in [-0.1, -0.05) is 0 Å². The molecule has 0 aliphatic rings. The van der Waals surface area contributed by atoms with Gasteiger partial charge in [0.25, 0.3) is 0 Å². The first-order chi connectivity index (χ1) is 5.70. The lowest BCUT2D eigenvalue weighted by Gasteiger charge is -2.04. The summed E-state index contributed by atoms with van der Waals surface area (Å²) in [5, 5.41) is 0. The SMILES string of the molecule is C[C@H](N)CCc1ccncc1F. The molecule has 0 bridgehead atoms. The van der Waals surface area contributed by atoms with E-state index in [0.29, 0.717) is 12.0 Å². The highest BCUT2D eigenvalue weighted by molar-refractivity contribution is 5.12. The first-order valence-electron chi connectivity index (χ1n) is 4.04. The minimum absolute atomic E-state index is 0.123. The minimum atomic E-state index is -0.238. The quantitative estimate of drug-likeness (QED) is 0.742.